The Labute approximate surface area is 82.3 Å². The van der Waals surface area contributed by atoms with Crippen LogP contribution in [-0.4, -0.2) is 11.8 Å². The number of hydrogen-bond donors (Lipinski definition) is 1. The summed E-state index contributed by atoms with van der Waals surface area (Å²) in [6.45, 7) is 2.81. The second-order valence-corrected chi connectivity index (χ2v) is 4.57. The van der Waals surface area contributed by atoms with Crippen molar-refractivity contribution in [2.45, 2.75) is 17.1 Å². The third-order valence-corrected chi connectivity index (χ3v) is 2.87. The van der Waals surface area contributed by atoms with E-state index in [0.29, 0.717) is 11.8 Å². The quantitative estimate of drug-likeness (QED) is 0.762. The molecule has 0 spiro atoms. The number of benzene rings is 1. The molecule has 0 saturated heterocycles. The van der Waals surface area contributed by atoms with Crippen LogP contribution in [0, 0.1) is 0 Å². The average Bonchev–Trinajstić information content (AvgIpc) is 2.09. The fourth-order valence-corrected chi connectivity index (χ4v) is 1.77. The SMILES string of the molecule is CC(CN)Sc1ccc(Cl)cc1. The van der Waals surface area contributed by atoms with Crippen LogP contribution in [0.5, 0.6) is 0 Å². The van der Waals surface area contributed by atoms with Gasteiger partial charge in [-0.05, 0) is 24.3 Å². The van der Waals surface area contributed by atoms with Crippen LogP contribution in [0.2, 0.25) is 5.02 Å². The molecule has 0 aliphatic rings. The average molecular weight is 202 g/mol. The zero-order chi connectivity index (χ0) is 8.97. The summed E-state index contributed by atoms with van der Waals surface area (Å²) >= 11 is 7.52. The molecular weight excluding hydrogens is 190 g/mol. The van der Waals surface area contributed by atoms with Crippen molar-refractivity contribution in [1.29, 1.82) is 0 Å². The molecule has 0 aliphatic heterocycles. The normalized spacial score (nSPS) is 12.9. The molecular formula is C9H12ClNS. The van der Waals surface area contributed by atoms with Gasteiger partial charge in [0.05, 0.1) is 0 Å². The maximum absolute atomic E-state index is 5.75. The van der Waals surface area contributed by atoms with Crippen LogP contribution in [0.3, 0.4) is 0 Å². The predicted molar refractivity (Wildman–Crippen MR) is 55.8 cm³/mol. The van der Waals surface area contributed by atoms with E-state index >= 15 is 0 Å². The van der Waals surface area contributed by atoms with E-state index in [1.54, 1.807) is 11.8 Å². The lowest BCUT2D eigenvalue weighted by Crippen LogP contribution is -2.11. The van der Waals surface area contributed by atoms with Crippen molar-refractivity contribution in [3.05, 3.63) is 29.3 Å². The Morgan fingerprint density at radius 3 is 2.50 bits per heavy atom. The topological polar surface area (TPSA) is 26.0 Å². The van der Waals surface area contributed by atoms with Gasteiger partial charge in [0.25, 0.3) is 0 Å². The van der Waals surface area contributed by atoms with Crippen LogP contribution in [0.4, 0.5) is 0 Å². The van der Waals surface area contributed by atoms with Gasteiger partial charge in [0.2, 0.25) is 0 Å². The number of rotatable bonds is 3. The zero-order valence-corrected chi connectivity index (χ0v) is 8.53. The molecule has 66 valence electrons. The van der Waals surface area contributed by atoms with Gasteiger partial charge in [-0.1, -0.05) is 18.5 Å². The Morgan fingerprint density at radius 1 is 1.42 bits per heavy atom. The largest absolute Gasteiger partial charge is 0.329 e. The Balaban J connectivity index is 2.58. The minimum absolute atomic E-state index is 0.464. The first-order valence-electron chi connectivity index (χ1n) is 3.84. The van der Waals surface area contributed by atoms with Crippen LogP contribution in [0.15, 0.2) is 29.2 Å². The minimum atomic E-state index is 0.464. The van der Waals surface area contributed by atoms with Gasteiger partial charge >= 0.3 is 0 Å². The summed E-state index contributed by atoms with van der Waals surface area (Å²) in [6, 6.07) is 7.82. The molecule has 2 N–H and O–H groups in total. The molecule has 1 unspecified atom stereocenters. The first-order chi connectivity index (χ1) is 5.72. The summed E-state index contributed by atoms with van der Waals surface area (Å²) in [5.41, 5.74) is 5.50. The highest BCUT2D eigenvalue weighted by atomic mass is 35.5. The Hall–Kier alpha value is -0.180. The van der Waals surface area contributed by atoms with E-state index < -0.39 is 0 Å². The van der Waals surface area contributed by atoms with Crippen molar-refractivity contribution in [2.24, 2.45) is 5.73 Å². The van der Waals surface area contributed by atoms with Crippen molar-refractivity contribution >= 4 is 23.4 Å². The maximum Gasteiger partial charge on any atom is 0.0406 e. The van der Waals surface area contributed by atoms with E-state index in [2.05, 4.69) is 6.92 Å². The first kappa shape index (κ1) is 9.90. The Kier molecular flexibility index (Phi) is 3.92. The lowest BCUT2D eigenvalue weighted by Gasteiger charge is -2.07. The molecule has 1 atom stereocenters. The summed E-state index contributed by atoms with van der Waals surface area (Å²) in [4.78, 5) is 1.22. The molecule has 3 heteroatoms. The molecule has 0 saturated carbocycles. The van der Waals surface area contributed by atoms with Gasteiger partial charge in [-0.2, -0.15) is 0 Å². The number of thioether (sulfide) groups is 1. The molecule has 12 heavy (non-hydrogen) atoms. The lowest BCUT2D eigenvalue weighted by atomic mass is 10.4. The zero-order valence-electron chi connectivity index (χ0n) is 6.96. The van der Waals surface area contributed by atoms with Crippen molar-refractivity contribution in [3.63, 3.8) is 0 Å². The third kappa shape index (κ3) is 3.05. The van der Waals surface area contributed by atoms with Gasteiger partial charge in [0.15, 0.2) is 0 Å². The van der Waals surface area contributed by atoms with Gasteiger partial charge in [-0.25, -0.2) is 0 Å². The molecule has 1 rings (SSSR count). The van der Waals surface area contributed by atoms with E-state index in [1.165, 1.54) is 4.90 Å². The molecule has 0 heterocycles. The highest BCUT2D eigenvalue weighted by Crippen LogP contribution is 2.23. The van der Waals surface area contributed by atoms with E-state index in [1.807, 2.05) is 24.3 Å². The summed E-state index contributed by atoms with van der Waals surface area (Å²) in [5, 5.41) is 1.24. The molecule has 1 aromatic rings. The third-order valence-electron chi connectivity index (χ3n) is 1.48. The van der Waals surface area contributed by atoms with Gasteiger partial charge in [-0.15, -0.1) is 11.8 Å². The molecule has 1 nitrogen and oxygen atoms in total. The number of halogens is 1. The maximum atomic E-state index is 5.75. The summed E-state index contributed by atoms with van der Waals surface area (Å²) in [7, 11) is 0. The van der Waals surface area contributed by atoms with E-state index in [9.17, 15) is 0 Å². The first-order valence-corrected chi connectivity index (χ1v) is 5.10. The minimum Gasteiger partial charge on any atom is -0.329 e. The fourth-order valence-electron chi connectivity index (χ4n) is 0.794. The highest BCUT2D eigenvalue weighted by molar-refractivity contribution is 8.00. The predicted octanol–water partition coefficient (Wildman–Crippen LogP) is 2.78. The number of nitrogens with two attached hydrogens (primary N) is 1. The molecule has 1 aromatic carbocycles. The van der Waals surface area contributed by atoms with Crippen LogP contribution < -0.4 is 5.73 Å². The lowest BCUT2D eigenvalue weighted by molar-refractivity contribution is 0.951. The standard InChI is InChI=1S/C9H12ClNS/c1-7(6-11)12-9-4-2-8(10)3-5-9/h2-5,7H,6,11H2,1H3. The van der Waals surface area contributed by atoms with E-state index in [-0.39, 0.29) is 0 Å². The molecule has 0 bridgehead atoms. The number of hydrogen-bond acceptors (Lipinski definition) is 2. The second kappa shape index (κ2) is 4.75. The van der Waals surface area contributed by atoms with Crippen LogP contribution >= 0.6 is 23.4 Å². The Bertz CT molecular complexity index is 235. The van der Waals surface area contributed by atoms with Gasteiger partial charge in [-0.3, -0.25) is 0 Å². The van der Waals surface area contributed by atoms with E-state index in [4.69, 9.17) is 17.3 Å². The summed E-state index contributed by atoms with van der Waals surface area (Å²) in [5.74, 6) is 0. The van der Waals surface area contributed by atoms with Crippen molar-refractivity contribution in [2.75, 3.05) is 6.54 Å². The smallest absolute Gasteiger partial charge is 0.0406 e. The Morgan fingerprint density at radius 2 is 2.00 bits per heavy atom. The molecule has 0 aliphatic carbocycles. The van der Waals surface area contributed by atoms with Gasteiger partial charge in [0.1, 0.15) is 0 Å². The highest BCUT2D eigenvalue weighted by Gasteiger charge is 2.00. The van der Waals surface area contributed by atoms with Crippen molar-refractivity contribution in [3.8, 4) is 0 Å². The molecule has 0 amide bonds. The molecule has 0 aromatic heterocycles. The van der Waals surface area contributed by atoms with Crippen LogP contribution in [0.25, 0.3) is 0 Å². The van der Waals surface area contributed by atoms with Crippen LogP contribution in [-0.2, 0) is 0 Å². The van der Waals surface area contributed by atoms with Gasteiger partial charge < -0.3 is 5.73 Å². The van der Waals surface area contributed by atoms with E-state index in [0.717, 1.165) is 5.02 Å². The molecule has 0 radical (unpaired) electrons. The second-order valence-electron chi connectivity index (χ2n) is 2.62. The van der Waals surface area contributed by atoms with Crippen molar-refractivity contribution in [1.82, 2.24) is 0 Å². The summed E-state index contributed by atoms with van der Waals surface area (Å²) in [6.07, 6.45) is 0. The monoisotopic (exact) mass is 201 g/mol. The summed E-state index contributed by atoms with van der Waals surface area (Å²) < 4.78 is 0. The van der Waals surface area contributed by atoms with Crippen LogP contribution in [0.1, 0.15) is 6.92 Å². The molecule has 0 fully saturated rings. The van der Waals surface area contributed by atoms with Gasteiger partial charge in [0, 0.05) is 21.7 Å². The fraction of sp³-hybridized carbons (Fsp3) is 0.333. The van der Waals surface area contributed by atoms with Crippen molar-refractivity contribution < 1.29 is 0 Å².